The van der Waals surface area contributed by atoms with E-state index in [4.69, 9.17) is 9.97 Å². The van der Waals surface area contributed by atoms with Gasteiger partial charge in [0.2, 0.25) is 0 Å². The van der Waals surface area contributed by atoms with Gasteiger partial charge in [-0.1, -0.05) is 0 Å². The average Bonchev–Trinajstić information content (AvgIpc) is 3.28. The van der Waals surface area contributed by atoms with E-state index in [0.29, 0.717) is 6.54 Å². The van der Waals surface area contributed by atoms with Gasteiger partial charge in [0.15, 0.2) is 0 Å². The van der Waals surface area contributed by atoms with Crippen molar-refractivity contribution >= 4 is 27.4 Å². The molecule has 5 rings (SSSR count). The normalized spacial score (nSPS) is 27.5. The summed E-state index contributed by atoms with van der Waals surface area (Å²) in [6, 6.07) is 0.254. The van der Waals surface area contributed by atoms with Crippen molar-refractivity contribution < 1.29 is 5.11 Å². The second-order valence-electron chi connectivity index (χ2n) is 7.41. The topological polar surface area (TPSA) is 52.5 Å². The van der Waals surface area contributed by atoms with Crippen LogP contribution in [-0.2, 0) is 12.8 Å². The molecule has 2 unspecified atom stereocenters. The zero-order valence-corrected chi connectivity index (χ0v) is 15.0. The maximum absolute atomic E-state index is 10.6. The molecular weight excluding hydrogens is 320 g/mol. The third-order valence-electron chi connectivity index (χ3n) is 5.83. The number of aliphatic hydroxyl groups is 1. The summed E-state index contributed by atoms with van der Waals surface area (Å²) in [5.74, 6) is 1.91. The maximum atomic E-state index is 10.6. The number of aryl methyl sites for hydroxylation is 3. The smallest absolute Gasteiger partial charge is 0.141 e. The highest BCUT2D eigenvalue weighted by molar-refractivity contribution is 7.19. The number of aliphatic hydroxyl groups excluding tert-OH is 1. The van der Waals surface area contributed by atoms with Crippen LogP contribution in [0.15, 0.2) is 0 Å². The minimum absolute atomic E-state index is 0.254. The number of β-amino-alcohol motifs (C(OH)–C–C–N with tert-alkyl or cyclic N) is 1. The predicted octanol–water partition coefficient (Wildman–Crippen LogP) is 2.13. The monoisotopic (exact) mass is 344 g/mol. The lowest BCUT2D eigenvalue weighted by Crippen LogP contribution is -2.41. The lowest BCUT2D eigenvalue weighted by molar-refractivity contribution is 0.0986. The van der Waals surface area contributed by atoms with E-state index in [1.807, 2.05) is 18.3 Å². The Morgan fingerprint density at radius 2 is 1.92 bits per heavy atom. The molecule has 1 aliphatic carbocycles. The number of anilines is 1. The molecule has 0 spiro atoms. The number of aromatic nitrogens is 2. The molecule has 4 heterocycles. The number of rotatable bonds is 2. The van der Waals surface area contributed by atoms with Crippen LogP contribution in [0.25, 0.3) is 10.2 Å². The highest BCUT2D eigenvalue weighted by Gasteiger charge is 2.38. The van der Waals surface area contributed by atoms with Gasteiger partial charge in [-0.15, -0.1) is 11.3 Å². The van der Waals surface area contributed by atoms with Gasteiger partial charge in [-0.25, -0.2) is 9.97 Å². The fourth-order valence-electron chi connectivity index (χ4n) is 4.68. The van der Waals surface area contributed by atoms with Crippen LogP contribution in [0, 0.1) is 6.92 Å². The van der Waals surface area contributed by atoms with E-state index < -0.39 is 0 Å². The van der Waals surface area contributed by atoms with Crippen LogP contribution >= 0.6 is 11.3 Å². The highest BCUT2D eigenvalue weighted by Crippen LogP contribution is 2.41. The molecule has 6 heteroatoms. The number of likely N-dealkylation sites (tertiary alicyclic amines) is 1. The molecule has 3 aliphatic rings. The van der Waals surface area contributed by atoms with Crippen molar-refractivity contribution in [2.45, 2.75) is 51.2 Å². The van der Waals surface area contributed by atoms with Crippen LogP contribution in [0.5, 0.6) is 0 Å². The first kappa shape index (κ1) is 15.0. The lowest BCUT2D eigenvalue weighted by atomic mass is 10.2. The van der Waals surface area contributed by atoms with E-state index in [9.17, 15) is 5.11 Å². The van der Waals surface area contributed by atoms with Crippen molar-refractivity contribution in [2.24, 2.45) is 0 Å². The Hall–Kier alpha value is -1.24. The Balaban J connectivity index is 1.54. The van der Waals surface area contributed by atoms with Gasteiger partial charge in [-0.05, 0) is 57.7 Å². The molecule has 128 valence electrons. The molecule has 0 aromatic carbocycles. The second kappa shape index (κ2) is 5.64. The fourth-order valence-corrected chi connectivity index (χ4v) is 5.99. The zero-order valence-electron chi connectivity index (χ0n) is 14.2. The first-order chi connectivity index (χ1) is 11.7. The minimum Gasteiger partial charge on any atom is -0.390 e. The Bertz CT molecular complexity index is 783. The summed E-state index contributed by atoms with van der Waals surface area (Å²) in [5.41, 5.74) is 1.48. The highest BCUT2D eigenvalue weighted by atomic mass is 32.1. The third kappa shape index (κ3) is 2.27. The van der Waals surface area contributed by atoms with Gasteiger partial charge in [0.25, 0.3) is 0 Å². The van der Waals surface area contributed by atoms with E-state index in [1.165, 1.54) is 41.5 Å². The van der Waals surface area contributed by atoms with Crippen molar-refractivity contribution in [3.05, 3.63) is 16.3 Å². The first-order valence-electron chi connectivity index (χ1n) is 9.16. The van der Waals surface area contributed by atoms with E-state index in [2.05, 4.69) is 9.80 Å². The van der Waals surface area contributed by atoms with Crippen LogP contribution < -0.4 is 4.90 Å². The van der Waals surface area contributed by atoms with Crippen molar-refractivity contribution in [1.82, 2.24) is 14.9 Å². The molecule has 0 radical (unpaired) electrons. The largest absolute Gasteiger partial charge is 0.390 e. The molecule has 2 aromatic rings. The van der Waals surface area contributed by atoms with E-state index in [-0.39, 0.29) is 12.1 Å². The van der Waals surface area contributed by atoms with E-state index in [1.54, 1.807) is 0 Å². The molecular formula is C18H24N4OS. The van der Waals surface area contributed by atoms with E-state index >= 15 is 0 Å². The molecule has 2 aromatic heterocycles. The maximum Gasteiger partial charge on any atom is 0.141 e. The van der Waals surface area contributed by atoms with Crippen molar-refractivity contribution in [3.63, 3.8) is 0 Å². The summed E-state index contributed by atoms with van der Waals surface area (Å²) in [5, 5.41) is 11.9. The van der Waals surface area contributed by atoms with Gasteiger partial charge in [0.1, 0.15) is 16.5 Å². The zero-order chi connectivity index (χ0) is 16.3. The van der Waals surface area contributed by atoms with Gasteiger partial charge in [0.05, 0.1) is 17.5 Å². The molecule has 2 atom stereocenters. The quantitative estimate of drug-likeness (QED) is 0.904. The first-order valence-corrected chi connectivity index (χ1v) is 9.98. The average molecular weight is 344 g/mol. The second-order valence-corrected chi connectivity index (χ2v) is 8.50. The number of hydrogen-bond donors (Lipinski definition) is 1. The number of hydrogen-bond acceptors (Lipinski definition) is 6. The van der Waals surface area contributed by atoms with Crippen LogP contribution in [0.2, 0.25) is 0 Å². The van der Waals surface area contributed by atoms with Crippen molar-refractivity contribution in [1.29, 1.82) is 0 Å². The summed E-state index contributed by atoms with van der Waals surface area (Å²) in [6.45, 7) is 5.82. The van der Waals surface area contributed by atoms with Gasteiger partial charge in [-0.3, -0.25) is 4.90 Å². The standard InChI is InChI=1S/C18H24N4OS/c1-11-19-17(16-12-5-4-6-15(12)24-18(16)20-11)22-9-13(14(23)10-22)21-7-2-3-8-21/h13-14,23H,2-10H2,1H3. The molecule has 0 saturated carbocycles. The van der Waals surface area contributed by atoms with Crippen LogP contribution in [-0.4, -0.2) is 58.3 Å². The molecule has 5 nitrogen and oxygen atoms in total. The molecule has 2 saturated heterocycles. The summed E-state index contributed by atoms with van der Waals surface area (Å²) in [4.78, 5) is 16.9. The SMILES string of the molecule is Cc1nc(N2CC(O)C(N3CCCC3)C2)c2c3c(sc2n1)CCC3. The molecule has 0 bridgehead atoms. The molecule has 24 heavy (non-hydrogen) atoms. The predicted molar refractivity (Wildman–Crippen MR) is 97.0 cm³/mol. The lowest BCUT2D eigenvalue weighted by Gasteiger charge is -2.25. The number of fused-ring (bicyclic) bond motifs is 3. The van der Waals surface area contributed by atoms with Crippen LogP contribution in [0.3, 0.4) is 0 Å². The molecule has 2 fully saturated rings. The Labute approximate surface area is 146 Å². The Kier molecular flexibility index (Phi) is 3.54. The van der Waals surface area contributed by atoms with Crippen molar-refractivity contribution in [3.8, 4) is 0 Å². The number of nitrogens with zero attached hydrogens (tertiary/aromatic N) is 4. The fraction of sp³-hybridized carbons (Fsp3) is 0.667. The summed E-state index contributed by atoms with van der Waals surface area (Å²) in [6.07, 6.45) is 5.84. The molecule has 2 aliphatic heterocycles. The minimum atomic E-state index is -0.278. The third-order valence-corrected chi connectivity index (χ3v) is 7.01. The Morgan fingerprint density at radius 1 is 1.08 bits per heavy atom. The Morgan fingerprint density at radius 3 is 2.75 bits per heavy atom. The van der Waals surface area contributed by atoms with Crippen LogP contribution in [0.1, 0.15) is 35.5 Å². The van der Waals surface area contributed by atoms with Gasteiger partial charge in [-0.2, -0.15) is 0 Å². The summed E-state index contributed by atoms with van der Waals surface area (Å²) in [7, 11) is 0. The van der Waals surface area contributed by atoms with Crippen molar-refractivity contribution in [2.75, 3.05) is 31.1 Å². The van der Waals surface area contributed by atoms with Gasteiger partial charge >= 0.3 is 0 Å². The van der Waals surface area contributed by atoms with Gasteiger partial charge in [0, 0.05) is 18.0 Å². The molecule has 0 amide bonds. The van der Waals surface area contributed by atoms with E-state index in [0.717, 1.165) is 42.5 Å². The van der Waals surface area contributed by atoms with Gasteiger partial charge < -0.3 is 10.0 Å². The van der Waals surface area contributed by atoms with Crippen LogP contribution in [0.4, 0.5) is 5.82 Å². The summed E-state index contributed by atoms with van der Waals surface area (Å²) >= 11 is 1.85. The molecule has 1 N–H and O–H groups in total. The number of thiophene rings is 1. The summed E-state index contributed by atoms with van der Waals surface area (Å²) < 4.78 is 0.